The van der Waals surface area contributed by atoms with Crippen LogP contribution in [0.15, 0.2) is 22.7 Å². The van der Waals surface area contributed by atoms with Crippen molar-refractivity contribution < 1.29 is 0 Å². The Kier molecular flexibility index (Phi) is 4.10. The van der Waals surface area contributed by atoms with Crippen molar-refractivity contribution in [1.29, 1.82) is 0 Å². The summed E-state index contributed by atoms with van der Waals surface area (Å²) in [4.78, 5) is 2.49. The highest BCUT2D eigenvalue weighted by Crippen LogP contribution is 2.24. The lowest BCUT2D eigenvalue weighted by atomic mass is 10.0. The summed E-state index contributed by atoms with van der Waals surface area (Å²) in [5, 5.41) is 3.59. The van der Waals surface area contributed by atoms with Crippen molar-refractivity contribution in [2.24, 2.45) is 5.92 Å². The van der Waals surface area contributed by atoms with Crippen LogP contribution in [-0.4, -0.2) is 25.7 Å². The molecule has 3 heteroatoms. The van der Waals surface area contributed by atoms with E-state index in [0.717, 1.165) is 19.6 Å². The van der Waals surface area contributed by atoms with Crippen molar-refractivity contribution >= 4 is 21.6 Å². The van der Waals surface area contributed by atoms with Crippen molar-refractivity contribution in [3.8, 4) is 0 Å². The van der Waals surface area contributed by atoms with E-state index in [0.29, 0.717) is 12.0 Å². The van der Waals surface area contributed by atoms with Gasteiger partial charge in [0.2, 0.25) is 0 Å². The molecule has 1 fully saturated rings. The summed E-state index contributed by atoms with van der Waals surface area (Å²) in [5.74, 6) is 0.686. The zero-order valence-electron chi connectivity index (χ0n) is 10.8. The molecule has 1 aromatic carbocycles. The smallest absolute Gasteiger partial charge is 0.0381 e. The van der Waals surface area contributed by atoms with E-state index < -0.39 is 0 Å². The van der Waals surface area contributed by atoms with E-state index in [9.17, 15) is 0 Å². The molecule has 1 unspecified atom stereocenters. The molecule has 0 radical (unpaired) electrons. The standard InChI is InChI=1S/C14H21BrN2/c1-10(2)14-9-17(5-4-16-14)13-7-11(3)6-12(15)8-13/h6-8,10,14,16H,4-5,9H2,1-3H3. The number of hydrogen-bond donors (Lipinski definition) is 1. The molecule has 1 aliphatic heterocycles. The lowest BCUT2D eigenvalue weighted by molar-refractivity contribution is 0.368. The maximum Gasteiger partial charge on any atom is 0.0381 e. The number of halogens is 1. The molecule has 94 valence electrons. The fourth-order valence-electron chi connectivity index (χ4n) is 2.36. The zero-order chi connectivity index (χ0) is 12.4. The average molecular weight is 297 g/mol. The molecule has 0 aliphatic carbocycles. The molecule has 0 aromatic heterocycles. The molecule has 1 atom stereocenters. The molecule has 1 aliphatic rings. The second kappa shape index (κ2) is 5.40. The van der Waals surface area contributed by atoms with Crippen LogP contribution < -0.4 is 10.2 Å². The minimum absolute atomic E-state index is 0.600. The minimum atomic E-state index is 0.600. The van der Waals surface area contributed by atoms with Crippen LogP contribution in [-0.2, 0) is 0 Å². The van der Waals surface area contributed by atoms with E-state index in [4.69, 9.17) is 0 Å². The molecule has 1 saturated heterocycles. The summed E-state index contributed by atoms with van der Waals surface area (Å²) in [6, 6.07) is 7.25. The summed E-state index contributed by atoms with van der Waals surface area (Å²) in [6.07, 6.45) is 0. The number of nitrogens with one attached hydrogen (secondary N) is 1. The number of anilines is 1. The van der Waals surface area contributed by atoms with Gasteiger partial charge < -0.3 is 10.2 Å². The van der Waals surface area contributed by atoms with Crippen LogP contribution in [0.4, 0.5) is 5.69 Å². The summed E-state index contributed by atoms with van der Waals surface area (Å²) in [5.41, 5.74) is 2.65. The fourth-order valence-corrected chi connectivity index (χ4v) is 2.95. The van der Waals surface area contributed by atoms with Gasteiger partial charge in [0.25, 0.3) is 0 Å². The van der Waals surface area contributed by atoms with Gasteiger partial charge in [-0.3, -0.25) is 0 Å². The maximum atomic E-state index is 3.59. The number of nitrogens with zero attached hydrogens (tertiary/aromatic N) is 1. The maximum absolute atomic E-state index is 3.59. The van der Waals surface area contributed by atoms with E-state index in [1.165, 1.54) is 15.7 Å². The van der Waals surface area contributed by atoms with E-state index >= 15 is 0 Å². The number of rotatable bonds is 2. The molecular formula is C14H21BrN2. The van der Waals surface area contributed by atoms with Gasteiger partial charge in [-0.25, -0.2) is 0 Å². The molecular weight excluding hydrogens is 276 g/mol. The van der Waals surface area contributed by atoms with Crippen molar-refractivity contribution in [1.82, 2.24) is 5.32 Å². The summed E-state index contributed by atoms with van der Waals surface area (Å²) >= 11 is 3.58. The van der Waals surface area contributed by atoms with Crippen LogP contribution in [0.1, 0.15) is 19.4 Å². The number of aryl methyl sites for hydroxylation is 1. The SMILES string of the molecule is Cc1cc(Br)cc(N2CCNC(C(C)C)C2)c1. The Labute approximate surface area is 113 Å². The first-order valence-corrected chi connectivity index (χ1v) is 7.11. The van der Waals surface area contributed by atoms with Gasteiger partial charge >= 0.3 is 0 Å². The Bertz CT molecular complexity index is 370. The summed E-state index contributed by atoms with van der Waals surface area (Å²) < 4.78 is 1.17. The Morgan fingerprint density at radius 3 is 2.76 bits per heavy atom. The van der Waals surface area contributed by atoms with Crippen LogP contribution in [0, 0.1) is 12.8 Å². The summed E-state index contributed by atoms with van der Waals surface area (Å²) in [7, 11) is 0. The van der Waals surface area contributed by atoms with Gasteiger partial charge in [-0.15, -0.1) is 0 Å². The molecule has 17 heavy (non-hydrogen) atoms. The van der Waals surface area contributed by atoms with Crippen LogP contribution >= 0.6 is 15.9 Å². The van der Waals surface area contributed by atoms with Crippen molar-refractivity contribution in [2.45, 2.75) is 26.8 Å². The lowest BCUT2D eigenvalue weighted by Gasteiger charge is -2.37. The van der Waals surface area contributed by atoms with E-state index in [1.54, 1.807) is 0 Å². The highest BCUT2D eigenvalue weighted by molar-refractivity contribution is 9.10. The minimum Gasteiger partial charge on any atom is -0.369 e. The van der Waals surface area contributed by atoms with Gasteiger partial charge in [0.1, 0.15) is 0 Å². The first-order chi connectivity index (χ1) is 8.06. The Morgan fingerprint density at radius 2 is 2.12 bits per heavy atom. The van der Waals surface area contributed by atoms with Crippen LogP contribution in [0.2, 0.25) is 0 Å². The quantitative estimate of drug-likeness (QED) is 0.902. The summed E-state index contributed by atoms with van der Waals surface area (Å²) in [6.45, 7) is 10.00. The van der Waals surface area contributed by atoms with Gasteiger partial charge in [-0.05, 0) is 36.6 Å². The van der Waals surface area contributed by atoms with Crippen LogP contribution in [0.3, 0.4) is 0 Å². The van der Waals surface area contributed by atoms with Gasteiger partial charge in [-0.2, -0.15) is 0 Å². The van der Waals surface area contributed by atoms with E-state index in [1.807, 2.05) is 0 Å². The topological polar surface area (TPSA) is 15.3 Å². The number of hydrogen-bond acceptors (Lipinski definition) is 2. The predicted octanol–water partition coefficient (Wildman–Crippen LogP) is 3.19. The van der Waals surface area contributed by atoms with Crippen LogP contribution in [0.5, 0.6) is 0 Å². The van der Waals surface area contributed by atoms with Crippen LogP contribution in [0.25, 0.3) is 0 Å². The Morgan fingerprint density at radius 1 is 1.35 bits per heavy atom. The molecule has 1 aromatic rings. The number of piperazine rings is 1. The molecule has 0 spiro atoms. The third kappa shape index (κ3) is 3.23. The molecule has 1 N–H and O–H groups in total. The largest absolute Gasteiger partial charge is 0.369 e. The number of benzene rings is 1. The molecule has 2 rings (SSSR count). The molecule has 0 bridgehead atoms. The second-order valence-corrected chi connectivity index (χ2v) is 6.15. The first-order valence-electron chi connectivity index (χ1n) is 6.32. The molecule has 0 saturated carbocycles. The Hall–Kier alpha value is -0.540. The normalized spacial score (nSPS) is 21.0. The van der Waals surface area contributed by atoms with Crippen molar-refractivity contribution in [3.05, 3.63) is 28.2 Å². The highest BCUT2D eigenvalue weighted by Gasteiger charge is 2.22. The van der Waals surface area contributed by atoms with Gasteiger partial charge in [0.15, 0.2) is 0 Å². The second-order valence-electron chi connectivity index (χ2n) is 5.24. The molecule has 1 heterocycles. The van der Waals surface area contributed by atoms with Crippen molar-refractivity contribution in [3.63, 3.8) is 0 Å². The van der Waals surface area contributed by atoms with E-state index in [-0.39, 0.29) is 0 Å². The highest BCUT2D eigenvalue weighted by atomic mass is 79.9. The third-order valence-electron chi connectivity index (χ3n) is 3.40. The Balaban J connectivity index is 2.16. The van der Waals surface area contributed by atoms with Gasteiger partial charge in [-0.1, -0.05) is 29.8 Å². The van der Waals surface area contributed by atoms with Crippen molar-refractivity contribution in [2.75, 3.05) is 24.5 Å². The predicted molar refractivity (Wildman–Crippen MR) is 77.7 cm³/mol. The van der Waals surface area contributed by atoms with E-state index in [2.05, 4.69) is 65.1 Å². The third-order valence-corrected chi connectivity index (χ3v) is 3.86. The average Bonchev–Trinajstić information content (AvgIpc) is 2.28. The van der Waals surface area contributed by atoms with Gasteiger partial charge in [0.05, 0.1) is 0 Å². The molecule has 2 nitrogen and oxygen atoms in total. The monoisotopic (exact) mass is 296 g/mol. The van der Waals surface area contributed by atoms with Gasteiger partial charge in [0, 0.05) is 35.8 Å². The molecule has 0 amide bonds. The first kappa shape index (κ1) is 12.9. The lowest BCUT2D eigenvalue weighted by Crippen LogP contribution is -2.53. The fraction of sp³-hybridized carbons (Fsp3) is 0.571. The zero-order valence-corrected chi connectivity index (χ0v) is 12.4.